The van der Waals surface area contributed by atoms with E-state index in [9.17, 15) is 0 Å². The van der Waals surface area contributed by atoms with Gasteiger partial charge in [-0.3, -0.25) is 0 Å². The minimum atomic E-state index is 0.145. The van der Waals surface area contributed by atoms with Crippen molar-refractivity contribution in [3.05, 3.63) is 30.3 Å². The molecule has 0 saturated heterocycles. The van der Waals surface area contributed by atoms with Gasteiger partial charge in [0.15, 0.2) is 5.54 Å². The van der Waals surface area contributed by atoms with Crippen molar-refractivity contribution < 1.29 is 4.70 Å². The first-order valence-electron chi connectivity index (χ1n) is 6.62. The molecule has 1 fully saturated rings. The summed E-state index contributed by atoms with van der Waals surface area (Å²) in [4.78, 5) is 0. The Kier molecular flexibility index (Phi) is 2.19. The second-order valence-corrected chi connectivity index (χ2v) is 6.20. The van der Waals surface area contributed by atoms with Gasteiger partial charge in [-0.25, -0.2) is 0 Å². The lowest BCUT2D eigenvalue weighted by molar-refractivity contribution is -0.579. The maximum atomic E-state index is 5.04. The highest BCUT2D eigenvalue weighted by molar-refractivity contribution is 5.29. The predicted molar refractivity (Wildman–Crippen MR) is 68.6 cm³/mol. The highest BCUT2D eigenvalue weighted by Crippen LogP contribution is 2.52. The Morgan fingerprint density at radius 2 is 1.88 bits per heavy atom. The molecule has 1 aromatic rings. The lowest BCUT2D eigenvalue weighted by atomic mass is 9.78. The van der Waals surface area contributed by atoms with Gasteiger partial charge >= 0.3 is 0 Å². The molecule has 2 aliphatic rings. The number of nitrogens with zero attached hydrogens (tertiary/aromatic N) is 2. The van der Waals surface area contributed by atoms with Gasteiger partial charge in [-0.2, -0.15) is 0 Å². The van der Waals surface area contributed by atoms with E-state index in [1.54, 1.807) is 0 Å². The second-order valence-electron chi connectivity index (χ2n) is 6.20. The summed E-state index contributed by atoms with van der Waals surface area (Å²) in [5, 5.41) is 5.04. The van der Waals surface area contributed by atoms with Crippen molar-refractivity contribution in [2.24, 2.45) is 11.0 Å². The summed E-state index contributed by atoms with van der Waals surface area (Å²) in [6.45, 7) is 7.00. The number of para-hydroxylation sites is 1. The monoisotopic (exact) mass is 229 g/mol. The molecule has 0 N–H and O–H groups in total. The van der Waals surface area contributed by atoms with Crippen molar-refractivity contribution >= 4 is 5.69 Å². The molecule has 0 radical (unpaired) electrons. The van der Waals surface area contributed by atoms with E-state index >= 15 is 0 Å². The maximum Gasteiger partial charge on any atom is 0.232 e. The number of azo groups is 2. The molecule has 0 bridgehead atoms. The van der Waals surface area contributed by atoms with Crippen LogP contribution in [0, 0.1) is 5.92 Å². The van der Waals surface area contributed by atoms with Gasteiger partial charge in [0.1, 0.15) is 5.54 Å². The van der Waals surface area contributed by atoms with E-state index in [0.29, 0.717) is 5.92 Å². The van der Waals surface area contributed by atoms with Crippen LogP contribution in [-0.4, -0.2) is 15.8 Å². The van der Waals surface area contributed by atoms with Crippen LogP contribution in [0.25, 0.3) is 0 Å². The summed E-state index contributed by atoms with van der Waals surface area (Å²) < 4.78 is 2.26. The van der Waals surface area contributed by atoms with Crippen LogP contribution in [0.3, 0.4) is 0 Å². The zero-order chi connectivity index (χ0) is 12.1. The van der Waals surface area contributed by atoms with Crippen molar-refractivity contribution in [1.29, 1.82) is 0 Å². The third-order valence-corrected chi connectivity index (χ3v) is 4.65. The molecule has 1 saturated carbocycles. The second kappa shape index (κ2) is 3.41. The van der Waals surface area contributed by atoms with Crippen molar-refractivity contribution in [2.45, 2.75) is 51.1 Å². The summed E-state index contributed by atoms with van der Waals surface area (Å²) in [6, 6.07) is 10.6. The fourth-order valence-corrected chi connectivity index (χ4v) is 3.85. The SMILES string of the molecule is CC1(C)[C@H]2CCC[C@]2(C)N=[N+]1c1ccccc1. The summed E-state index contributed by atoms with van der Waals surface area (Å²) >= 11 is 0. The topological polar surface area (TPSA) is 15.4 Å². The predicted octanol–water partition coefficient (Wildman–Crippen LogP) is 4.13. The van der Waals surface area contributed by atoms with E-state index in [4.69, 9.17) is 5.11 Å². The van der Waals surface area contributed by atoms with Gasteiger partial charge in [0.05, 0.1) is 5.92 Å². The molecular formula is C15H21N2+. The molecule has 1 aliphatic heterocycles. The van der Waals surface area contributed by atoms with Gasteiger partial charge in [-0.15, -0.1) is 0 Å². The van der Waals surface area contributed by atoms with Crippen LogP contribution in [0.2, 0.25) is 0 Å². The molecule has 0 aromatic heterocycles. The molecular weight excluding hydrogens is 208 g/mol. The van der Waals surface area contributed by atoms with E-state index < -0.39 is 0 Å². The van der Waals surface area contributed by atoms with Crippen LogP contribution < -0.4 is 0 Å². The van der Waals surface area contributed by atoms with Gasteiger partial charge < -0.3 is 0 Å². The first-order chi connectivity index (χ1) is 8.04. The lowest BCUT2D eigenvalue weighted by Gasteiger charge is -2.23. The smallest absolute Gasteiger partial charge is 0.0834 e. The van der Waals surface area contributed by atoms with Crippen molar-refractivity contribution in [2.75, 3.05) is 0 Å². The Morgan fingerprint density at radius 3 is 2.53 bits per heavy atom. The van der Waals surface area contributed by atoms with Gasteiger partial charge in [0.2, 0.25) is 5.69 Å². The molecule has 0 spiro atoms. The van der Waals surface area contributed by atoms with E-state index in [2.05, 4.69) is 55.8 Å². The minimum Gasteiger partial charge on any atom is -0.0834 e. The van der Waals surface area contributed by atoms with Gasteiger partial charge in [-0.1, -0.05) is 29.3 Å². The Morgan fingerprint density at radius 1 is 1.18 bits per heavy atom. The van der Waals surface area contributed by atoms with E-state index in [1.165, 1.54) is 24.9 Å². The third-order valence-electron chi connectivity index (χ3n) is 4.65. The quantitative estimate of drug-likeness (QED) is 0.643. The van der Waals surface area contributed by atoms with Crippen molar-refractivity contribution in [3.8, 4) is 0 Å². The van der Waals surface area contributed by atoms with Gasteiger partial charge in [0, 0.05) is 26.0 Å². The number of rotatable bonds is 1. The molecule has 3 rings (SSSR count). The van der Waals surface area contributed by atoms with Crippen molar-refractivity contribution in [3.63, 3.8) is 0 Å². The highest BCUT2D eigenvalue weighted by atomic mass is 15.4. The van der Waals surface area contributed by atoms with Crippen LogP contribution in [0.1, 0.15) is 40.0 Å². The van der Waals surface area contributed by atoms with Crippen LogP contribution >= 0.6 is 0 Å². The van der Waals surface area contributed by atoms with Crippen LogP contribution in [0.5, 0.6) is 0 Å². The minimum absolute atomic E-state index is 0.145. The summed E-state index contributed by atoms with van der Waals surface area (Å²) in [5.74, 6) is 0.690. The fourth-order valence-electron chi connectivity index (χ4n) is 3.85. The van der Waals surface area contributed by atoms with Crippen LogP contribution in [0.4, 0.5) is 5.69 Å². The number of benzene rings is 1. The zero-order valence-corrected chi connectivity index (χ0v) is 11.0. The molecule has 1 heterocycles. The Hall–Kier alpha value is -1.18. The summed E-state index contributed by atoms with van der Waals surface area (Å²) in [7, 11) is 0. The molecule has 2 heteroatoms. The first-order valence-corrected chi connectivity index (χ1v) is 6.62. The summed E-state index contributed by atoms with van der Waals surface area (Å²) in [5.41, 5.74) is 1.54. The normalized spacial score (nSPS) is 34.5. The Bertz CT molecular complexity index is 461. The molecule has 1 aromatic carbocycles. The standard InChI is InChI=1S/C15H21N2/c1-14(2)13-10-7-11-15(13,3)16-17(14)12-8-5-4-6-9-12/h4-6,8-9,13H,7,10-11H2,1-3H3/q+1/t13-,15+/m1/s1. The highest BCUT2D eigenvalue weighted by Gasteiger charge is 2.61. The zero-order valence-electron chi connectivity index (χ0n) is 11.0. The van der Waals surface area contributed by atoms with Crippen molar-refractivity contribution in [1.82, 2.24) is 0 Å². The Balaban J connectivity index is 2.09. The van der Waals surface area contributed by atoms with Gasteiger partial charge in [-0.05, 0) is 24.9 Å². The first kappa shape index (κ1) is 10.9. The van der Waals surface area contributed by atoms with Gasteiger partial charge in [0.25, 0.3) is 0 Å². The molecule has 2 atom stereocenters. The molecule has 0 amide bonds. The third kappa shape index (κ3) is 1.46. The average molecular weight is 229 g/mol. The molecule has 1 aliphatic carbocycles. The summed E-state index contributed by atoms with van der Waals surface area (Å²) in [6.07, 6.45) is 3.89. The molecule has 90 valence electrons. The van der Waals surface area contributed by atoms with Crippen LogP contribution in [0.15, 0.2) is 35.4 Å². The lowest BCUT2D eigenvalue weighted by Crippen LogP contribution is -2.40. The fraction of sp³-hybridized carbons (Fsp3) is 0.600. The van der Waals surface area contributed by atoms with Crippen LogP contribution in [-0.2, 0) is 0 Å². The van der Waals surface area contributed by atoms with E-state index in [0.717, 1.165) is 0 Å². The molecule has 0 unspecified atom stereocenters. The largest absolute Gasteiger partial charge is 0.232 e. The van der Waals surface area contributed by atoms with E-state index in [-0.39, 0.29) is 11.1 Å². The number of hydrogen-bond acceptors (Lipinski definition) is 1. The van der Waals surface area contributed by atoms with E-state index in [1.807, 2.05) is 0 Å². The Labute approximate surface area is 103 Å². The average Bonchev–Trinajstić information content (AvgIpc) is 2.77. The molecule has 2 nitrogen and oxygen atoms in total. The maximum absolute atomic E-state index is 5.04. The number of hydrogen-bond donors (Lipinski definition) is 0. The molecule has 17 heavy (non-hydrogen) atoms. The number of fused-ring (bicyclic) bond motifs is 1.